The zero-order valence-corrected chi connectivity index (χ0v) is 23.1. The van der Waals surface area contributed by atoms with Crippen LogP contribution in [-0.2, 0) is 35.2 Å². The maximum absolute atomic E-state index is 13.5. The van der Waals surface area contributed by atoms with Crippen LogP contribution in [0.5, 0.6) is 0 Å². The minimum Gasteiger partial charge on any atom is -0.467 e. The number of benzene rings is 1. The molecular weight excluding hydrogens is 512 g/mol. The molecule has 4 amide bonds. The number of esters is 1. The lowest BCUT2D eigenvalue weighted by Crippen LogP contribution is -2.59. The van der Waals surface area contributed by atoms with Gasteiger partial charge in [-0.2, -0.15) is 0 Å². The number of imide groups is 1. The van der Waals surface area contributed by atoms with Crippen LogP contribution >= 0.6 is 0 Å². The van der Waals surface area contributed by atoms with Crippen molar-refractivity contribution in [2.24, 2.45) is 5.73 Å². The molecule has 0 unspecified atom stereocenters. The first-order chi connectivity index (χ1) is 18.3. The van der Waals surface area contributed by atoms with Gasteiger partial charge in [-0.15, -0.1) is 0 Å². The third-order valence-corrected chi connectivity index (χ3v) is 5.22. The van der Waals surface area contributed by atoms with E-state index in [1.165, 1.54) is 6.92 Å². The number of hydrogen-bond acceptors (Lipinski definition) is 10. The summed E-state index contributed by atoms with van der Waals surface area (Å²) in [7, 11) is 1.04. The number of ether oxygens (including phenoxy) is 3. The molecule has 0 saturated carbocycles. The first-order valence-electron chi connectivity index (χ1n) is 12.6. The molecule has 218 valence electrons. The second-order valence-electron chi connectivity index (χ2n) is 9.74. The molecule has 0 radical (unpaired) electrons. The van der Waals surface area contributed by atoms with Crippen LogP contribution in [0.25, 0.3) is 0 Å². The predicted molar refractivity (Wildman–Crippen MR) is 140 cm³/mol. The van der Waals surface area contributed by atoms with Crippen LogP contribution in [0.2, 0.25) is 0 Å². The number of nitrogens with zero attached hydrogens (tertiary/aromatic N) is 1. The minimum absolute atomic E-state index is 0.0245. The van der Waals surface area contributed by atoms with Crippen molar-refractivity contribution in [2.45, 2.75) is 77.3 Å². The highest BCUT2D eigenvalue weighted by atomic mass is 16.6. The number of nitrogens with two attached hydrogens (primary N) is 1. The van der Waals surface area contributed by atoms with E-state index >= 15 is 0 Å². The summed E-state index contributed by atoms with van der Waals surface area (Å²) in [5, 5.41) is 14.9. The number of rotatable bonds is 13. The number of alkyl carbamates (subject to hydrolysis) is 1. The zero-order valence-electron chi connectivity index (χ0n) is 23.1. The molecule has 0 spiro atoms. The Kier molecular flexibility index (Phi) is 13.9. The molecule has 1 aromatic carbocycles. The van der Waals surface area contributed by atoms with Crippen LogP contribution in [0.3, 0.4) is 0 Å². The Balaban J connectivity index is 2.90. The first-order valence-corrected chi connectivity index (χ1v) is 12.6. The molecule has 0 heterocycles. The summed E-state index contributed by atoms with van der Waals surface area (Å²) in [6, 6.07) is 5.20. The molecule has 13 heteroatoms. The third kappa shape index (κ3) is 12.1. The number of nitrogens with one attached hydrogen (secondary N) is 2. The Bertz CT molecular complexity index is 964. The smallest absolute Gasteiger partial charge is 0.418 e. The lowest BCUT2D eigenvalue weighted by Gasteiger charge is -2.32. The number of unbranched alkanes of at least 4 members (excludes halogenated alkanes) is 1. The standard InChI is InChI=1S/C26H40N4O9/c1-17(27)21(32)29-19(13-9-10-14-28-24(35)38-16-18-11-7-6-8-12-18)22(33)30(20(15-31)23(34)37-5)25(36)39-26(2,3)4/h6-8,11-12,17,19-20,31H,9-10,13-16,27H2,1-5H3,(H,28,35)(H,29,32)/t17-,19-,20-/m0/s1. The van der Waals surface area contributed by atoms with E-state index in [2.05, 4.69) is 15.4 Å². The quantitative estimate of drug-likeness (QED) is 0.157. The van der Waals surface area contributed by atoms with Crippen LogP contribution in [0.4, 0.5) is 9.59 Å². The maximum atomic E-state index is 13.5. The number of amides is 4. The van der Waals surface area contributed by atoms with Gasteiger partial charge < -0.3 is 35.7 Å². The van der Waals surface area contributed by atoms with E-state index < -0.39 is 60.3 Å². The summed E-state index contributed by atoms with van der Waals surface area (Å²) in [4.78, 5) is 63.4. The molecule has 13 nitrogen and oxygen atoms in total. The van der Waals surface area contributed by atoms with Crippen molar-refractivity contribution in [3.8, 4) is 0 Å². The maximum Gasteiger partial charge on any atom is 0.418 e. The Hall–Kier alpha value is -3.71. The van der Waals surface area contributed by atoms with Gasteiger partial charge in [-0.05, 0) is 52.5 Å². The Morgan fingerprint density at radius 1 is 1.08 bits per heavy atom. The molecular formula is C26H40N4O9. The number of hydrogen-bond donors (Lipinski definition) is 4. The molecule has 0 fully saturated rings. The van der Waals surface area contributed by atoms with Gasteiger partial charge in [0.15, 0.2) is 6.04 Å². The van der Waals surface area contributed by atoms with E-state index in [-0.39, 0.29) is 19.6 Å². The van der Waals surface area contributed by atoms with Gasteiger partial charge in [0.2, 0.25) is 5.91 Å². The van der Waals surface area contributed by atoms with E-state index in [9.17, 15) is 29.1 Å². The van der Waals surface area contributed by atoms with Crippen molar-refractivity contribution in [1.82, 2.24) is 15.5 Å². The second kappa shape index (κ2) is 16.3. The van der Waals surface area contributed by atoms with Crippen molar-refractivity contribution in [3.05, 3.63) is 35.9 Å². The fourth-order valence-electron chi connectivity index (χ4n) is 3.25. The van der Waals surface area contributed by atoms with Crippen molar-refractivity contribution in [3.63, 3.8) is 0 Å². The third-order valence-electron chi connectivity index (χ3n) is 5.22. The average Bonchev–Trinajstić information content (AvgIpc) is 2.88. The highest BCUT2D eigenvalue weighted by Gasteiger charge is 2.41. The van der Waals surface area contributed by atoms with E-state index in [1.54, 1.807) is 20.8 Å². The highest BCUT2D eigenvalue weighted by Crippen LogP contribution is 2.16. The molecule has 0 aromatic heterocycles. The summed E-state index contributed by atoms with van der Waals surface area (Å²) in [6.45, 7) is 5.50. The van der Waals surface area contributed by atoms with Crippen LogP contribution in [-0.4, -0.2) is 84.0 Å². The Morgan fingerprint density at radius 3 is 2.26 bits per heavy atom. The molecule has 39 heavy (non-hydrogen) atoms. The number of carbonyl (C=O) groups is 5. The summed E-state index contributed by atoms with van der Waals surface area (Å²) in [5.41, 5.74) is 5.44. The van der Waals surface area contributed by atoms with Crippen LogP contribution < -0.4 is 16.4 Å². The van der Waals surface area contributed by atoms with Crippen molar-refractivity contribution >= 4 is 30.0 Å². The lowest BCUT2D eigenvalue weighted by atomic mass is 10.1. The molecule has 0 aliphatic carbocycles. The van der Waals surface area contributed by atoms with E-state index in [1.807, 2.05) is 30.3 Å². The van der Waals surface area contributed by atoms with E-state index in [0.717, 1.165) is 12.7 Å². The average molecular weight is 553 g/mol. The molecule has 5 N–H and O–H groups in total. The number of carbonyl (C=O) groups excluding carboxylic acids is 5. The Morgan fingerprint density at radius 2 is 1.72 bits per heavy atom. The SMILES string of the molecule is COC(=O)[C@H](CO)N(C(=O)OC(C)(C)C)C(=O)[C@H](CCCCNC(=O)OCc1ccccc1)NC(=O)[C@H](C)N. The molecule has 0 saturated heterocycles. The summed E-state index contributed by atoms with van der Waals surface area (Å²) >= 11 is 0. The van der Waals surface area contributed by atoms with Gasteiger partial charge in [0, 0.05) is 6.54 Å². The van der Waals surface area contributed by atoms with Crippen molar-refractivity contribution in [1.29, 1.82) is 0 Å². The molecule has 0 bridgehead atoms. The van der Waals surface area contributed by atoms with Gasteiger partial charge in [-0.3, -0.25) is 9.59 Å². The van der Waals surface area contributed by atoms with Gasteiger partial charge in [0.25, 0.3) is 5.91 Å². The molecule has 3 atom stereocenters. The van der Waals surface area contributed by atoms with E-state index in [4.69, 9.17) is 15.2 Å². The highest BCUT2D eigenvalue weighted by molar-refractivity contribution is 6.01. The van der Waals surface area contributed by atoms with Crippen LogP contribution in [0, 0.1) is 0 Å². The van der Waals surface area contributed by atoms with E-state index in [0.29, 0.717) is 17.7 Å². The van der Waals surface area contributed by atoms with Crippen LogP contribution in [0.1, 0.15) is 52.5 Å². The largest absolute Gasteiger partial charge is 0.467 e. The summed E-state index contributed by atoms with van der Waals surface area (Å²) < 4.78 is 15.1. The van der Waals surface area contributed by atoms with Crippen molar-refractivity contribution in [2.75, 3.05) is 20.3 Å². The Labute approximate surface area is 228 Å². The number of aliphatic hydroxyl groups excluding tert-OH is 1. The number of aliphatic hydroxyl groups is 1. The summed E-state index contributed by atoms with van der Waals surface area (Å²) in [6.07, 6.45) is -1.07. The molecule has 1 aromatic rings. The lowest BCUT2D eigenvalue weighted by molar-refractivity contribution is -0.155. The normalized spacial score (nSPS) is 13.3. The molecule has 1 rings (SSSR count). The molecule has 0 aliphatic rings. The fourth-order valence-corrected chi connectivity index (χ4v) is 3.25. The monoisotopic (exact) mass is 552 g/mol. The van der Waals surface area contributed by atoms with Gasteiger partial charge in [-0.25, -0.2) is 19.3 Å². The predicted octanol–water partition coefficient (Wildman–Crippen LogP) is 1.21. The minimum atomic E-state index is -1.70. The second-order valence-corrected chi connectivity index (χ2v) is 9.74. The van der Waals surface area contributed by atoms with Crippen molar-refractivity contribution < 1.29 is 43.3 Å². The van der Waals surface area contributed by atoms with Crippen LogP contribution in [0.15, 0.2) is 30.3 Å². The number of methoxy groups -OCH3 is 1. The molecule has 0 aliphatic heterocycles. The zero-order chi connectivity index (χ0) is 29.6. The van der Waals surface area contributed by atoms with Gasteiger partial charge >= 0.3 is 18.2 Å². The summed E-state index contributed by atoms with van der Waals surface area (Å²) in [5.74, 6) is -2.70. The fraction of sp³-hybridized carbons (Fsp3) is 0.577. The first kappa shape index (κ1) is 33.3. The topological polar surface area (TPSA) is 187 Å². The van der Waals surface area contributed by atoms with Gasteiger partial charge in [0.05, 0.1) is 19.8 Å². The van der Waals surface area contributed by atoms with Gasteiger partial charge in [-0.1, -0.05) is 30.3 Å². The van der Waals surface area contributed by atoms with Gasteiger partial charge in [0.1, 0.15) is 18.2 Å².